The summed E-state index contributed by atoms with van der Waals surface area (Å²) >= 11 is 0. The van der Waals surface area contributed by atoms with Crippen molar-refractivity contribution in [2.45, 2.75) is 19.3 Å². The second-order valence-corrected chi connectivity index (χ2v) is 6.18. The van der Waals surface area contributed by atoms with E-state index in [1.54, 1.807) is 7.11 Å². The summed E-state index contributed by atoms with van der Waals surface area (Å²) in [5.41, 5.74) is 1.37. The smallest absolute Gasteiger partial charge is 0.335 e. The summed E-state index contributed by atoms with van der Waals surface area (Å²) in [5, 5.41) is 11.8. The molecule has 0 bridgehead atoms. The summed E-state index contributed by atoms with van der Waals surface area (Å²) in [6.07, 6.45) is 0. The molecule has 0 heterocycles. The minimum atomic E-state index is -1.01. The number of methoxy groups -OCH3 is 1. The summed E-state index contributed by atoms with van der Waals surface area (Å²) in [7, 11) is 1.62. The van der Waals surface area contributed by atoms with Crippen molar-refractivity contribution in [3.63, 3.8) is 0 Å². The van der Waals surface area contributed by atoms with E-state index in [1.807, 2.05) is 38.1 Å². The molecule has 0 unspecified atom stereocenters. The minimum absolute atomic E-state index is 0.156. The SMILES string of the molecule is COc1cccc(C(C)(C)CNC(=O)c2ccc(C(=O)O)cc2)c1. The Kier molecular flexibility index (Phi) is 5.24. The molecule has 0 aliphatic rings. The van der Waals surface area contributed by atoms with Crippen molar-refractivity contribution in [2.75, 3.05) is 13.7 Å². The molecule has 1 amide bonds. The molecular weight excluding hydrogens is 306 g/mol. The van der Waals surface area contributed by atoms with Crippen LogP contribution in [0.2, 0.25) is 0 Å². The van der Waals surface area contributed by atoms with E-state index in [9.17, 15) is 9.59 Å². The van der Waals surface area contributed by atoms with Gasteiger partial charge < -0.3 is 15.2 Å². The van der Waals surface area contributed by atoms with Crippen LogP contribution in [0.5, 0.6) is 5.75 Å². The Morgan fingerprint density at radius 1 is 1.08 bits per heavy atom. The van der Waals surface area contributed by atoms with Crippen molar-refractivity contribution >= 4 is 11.9 Å². The monoisotopic (exact) mass is 327 g/mol. The van der Waals surface area contributed by atoms with Gasteiger partial charge in [-0.25, -0.2) is 4.79 Å². The van der Waals surface area contributed by atoms with Gasteiger partial charge in [-0.05, 0) is 42.0 Å². The Labute approximate surface area is 141 Å². The number of hydrogen-bond acceptors (Lipinski definition) is 3. The lowest BCUT2D eigenvalue weighted by molar-refractivity contribution is 0.0696. The average Bonchev–Trinajstić information content (AvgIpc) is 2.60. The van der Waals surface area contributed by atoms with Crippen LogP contribution in [0.25, 0.3) is 0 Å². The molecule has 0 aliphatic carbocycles. The number of nitrogens with one attached hydrogen (secondary N) is 1. The van der Waals surface area contributed by atoms with E-state index >= 15 is 0 Å². The van der Waals surface area contributed by atoms with Gasteiger partial charge in [0, 0.05) is 17.5 Å². The first-order valence-electron chi connectivity index (χ1n) is 7.59. The van der Waals surface area contributed by atoms with Crippen LogP contribution in [0.3, 0.4) is 0 Å². The highest BCUT2D eigenvalue weighted by atomic mass is 16.5. The molecule has 0 atom stereocenters. The molecule has 5 heteroatoms. The van der Waals surface area contributed by atoms with Crippen molar-refractivity contribution in [1.82, 2.24) is 5.32 Å². The molecule has 0 saturated carbocycles. The lowest BCUT2D eigenvalue weighted by Gasteiger charge is -2.26. The number of carboxylic acids is 1. The van der Waals surface area contributed by atoms with Gasteiger partial charge in [0.05, 0.1) is 12.7 Å². The van der Waals surface area contributed by atoms with Gasteiger partial charge in [0.25, 0.3) is 5.91 Å². The average molecular weight is 327 g/mol. The molecule has 0 fully saturated rings. The number of ether oxygens (including phenoxy) is 1. The lowest BCUT2D eigenvalue weighted by atomic mass is 9.84. The summed E-state index contributed by atoms with van der Waals surface area (Å²) in [4.78, 5) is 23.1. The van der Waals surface area contributed by atoms with E-state index in [1.165, 1.54) is 24.3 Å². The van der Waals surface area contributed by atoms with Crippen LogP contribution in [0.1, 0.15) is 40.1 Å². The zero-order valence-electron chi connectivity index (χ0n) is 14.0. The van der Waals surface area contributed by atoms with Crippen LogP contribution in [-0.2, 0) is 5.41 Å². The molecule has 0 saturated heterocycles. The highest BCUT2D eigenvalue weighted by Crippen LogP contribution is 2.25. The molecule has 0 spiro atoms. The largest absolute Gasteiger partial charge is 0.497 e. The van der Waals surface area contributed by atoms with Gasteiger partial charge in [0.1, 0.15) is 5.75 Å². The highest BCUT2D eigenvalue weighted by Gasteiger charge is 2.22. The first kappa shape index (κ1) is 17.5. The fourth-order valence-electron chi connectivity index (χ4n) is 2.31. The maximum atomic E-state index is 12.2. The second-order valence-electron chi connectivity index (χ2n) is 6.18. The Hall–Kier alpha value is -2.82. The van der Waals surface area contributed by atoms with Gasteiger partial charge in [0.2, 0.25) is 0 Å². The number of amides is 1. The molecule has 0 radical (unpaired) electrons. The highest BCUT2D eigenvalue weighted by molar-refractivity contribution is 5.95. The first-order valence-corrected chi connectivity index (χ1v) is 7.59. The van der Waals surface area contributed by atoms with Gasteiger partial charge >= 0.3 is 5.97 Å². The molecule has 0 aromatic heterocycles. The lowest BCUT2D eigenvalue weighted by Crippen LogP contribution is -2.36. The summed E-state index contributed by atoms with van der Waals surface area (Å²) < 4.78 is 5.24. The molecule has 126 valence electrons. The van der Waals surface area contributed by atoms with Crippen molar-refractivity contribution in [3.8, 4) is 5.75 Å². The molecule has 2 rings (SSSR count). The Morgan fingerprint density at radius 3 is 2.29 bits per heavy atom. The fraction of sp³-hybridized carbons (Fsp3) is 0.263. The van der Waals surface area contributed by atoms with Crippen molar-refractivity contribution < 1.29 is 19.4 Å². The number of carbonyl (C=O) groups is 2. The fourth-order valence-corrected chi connectivity index (χ4v) is 2.31. The van der Waals surface area contributed by atoms with Crippen molar-refractivity contribution in [3.05, 3.63) is 65.2 Å². The zero-order valence-corrected chi connectivity index (χ0v) is 14.0. The van der Waals surface area contributed by atoms with Crippen LogP contribution in [0.15, 0.2) is 48.5 Å². The number of benzene rings is 2. The molecule has 2 aromatic rings. The predicted molar refractivity (Wildman–Crippen MR) is 91.8 cm³/mol. The van der Waals surface area contributed by atoms with Gasteiger partial charge in [0.15, 0.2) is 0 Å². The number of carbonyl (C=O) groups excluding carboxylic acids is 1. The number of aromatic carboxylic acids is 1. The summed E-state index contributed by atoms with van der Waals surface area (Å²) in [6.45, 7) is 4.52. The van der Waals surface area contributed by atoms with Gasteiger partial charge in [-0.15, -0.1) is 0 Å². The molecule has 2 aromatic carbocycles. The molecular formula is C19H21NO4. The van der Waals surface area contributed by atoms with Gasteiger partial charge in [-0.3, -0.25) is 4.79 Å². The van der Waals surface area contributed by atoms with Crippen LogP contribution < -0.4 is 10.1 Å². The first-order chi connectivity index (χ1) is 11.3. The van der Waals surface area contributed by atoms with E-state index in [0.717, 1.165) is 11.3 Å². The Morgan fingerprint density at radius 2 is 1.71 bits per heavy atom. The summed E-state index contributed by atoms with van der Waals surface area (Å²) in [5.74, 6) is -0.472. The van der Waals surface area contributed by atoms with Crippen molar-refractivity contribution in [1.29, 1.82) is 0 Å². The van der Waals surface area contributed by atoms with Crippen molar-refractivity contribution in [2.24, 2.45) is 0 Å². The third-order valence-electron chi connectivity index (χ3n) is 3.94. The maximum Gasteiger partial charge on any atom is 0.335 e. The number of carboxylic acid groups (broad SMARTS) is 1. The van der Waals surface area contributed by atoms with E-state index < -0.39 is 5.97 Å². The summed E-state index contributed by atoms with van der Waals surface area (Å²) in [6, 6.07) is 13.6. The van der Waals surface area contributed by atoms with Crippen LogP contribution in [-0.4, -0.2) is 30.6 Å². The molecule has 24 heavy (non-hydrogen) atoms. The third-order valence-corrected chi connectivity index (χ3v) is 3.94. The second kappa shape index (κ2) is 7.17. The van der Waals surface area contributed by atoms with E-state index in [-0.39, 0.29) is 16.9 Å². The van der Waals surface area contributed by atoms with Crippen LogP contribution in [0.4, 0.5) is 0 Å². The minimum Gasteiger partial charge on any atom is -0.497 e. The standard InChI is InChI=1S/C19H21NO4/c1-19(2,15-5-4-6-16(11-15)24-3)12-20-17(21)13-7-9-14(10-8-13)18(22)23/h4-11H,12H2,1-3H3,(H,20,21)(H,22,23). The number of rotatable bonds is 6. The van der Waals surface area contributed by atoms with Gasteiger partial charge in [-0.1, -0.05) is 26.0 Å². The van der Waals surface area contributed by atoms with E-state index in [2.05, 4.69) is 5.32 Å². The Bertz CT molecular complexity index is 735. The van der Waals surface area contributed by atoms with Gasteiger partial charge in [-0.2, -0.15) is 0 Å². The zero-order chi connectivity index (χ0) is 17.7. The third kappa shape index (κ3) is 4.13. The maximum absolute atomic E-state index is 12.2. The van der Waals surface area contributed by atoms with E-state index in [4.69, 9.17) is 9.84 Å². The number of hydrogen-bond donors (Lipinski definition) is 2. The normalized spacial score (nSPS) is 11.0. The molecule has 5 nitrogen and oxygen atoms in total. The quantitative estimate of drug-likeness (QED) is 0.855. The molecule has 0 aliphatic heterocycles. The van der Waals surface area contributed by atoms with E-state index in [0.29, 0.717) is 12.1 Å². The predicted octanol–water partition coefficient (Wildman–Crippen LogP) is 3.10. The van der Waals surface area contributed by atoms with Crippen LogP contribution in [0, 0.1) is 0 Å². The Balaban J connectivity index is 2.05. The molecule has 2 N–H and O–H groups in total. The van der Waals surface area contributed by atoms with Crippen LogP contribution >= 0.6 is 0 Å². The topological polar surface area (TPSA) is 75.6 Å².